The molecular formula is C23H26FN5. The molecule has 3 aromatic rings. The number of nitrogens with one attached hydrogen (secondary N) is 1. The standard InChI is InChI=1S/C23H26FN5/c1-18-17-22(25-12-11-19-5-3-2-4-6-19)27-23(26-18)29-15-13-28(14-16-29)21-9-7-20(24)8-10-21/h2-10,17H,11-16H2,1H3,(H,25,26,27). The summed E-state index contributed by atoms with van der Waals surface area (Å²) in [7, 11) is 0. The number of aryl methyl sites for hydroxylation is 1. The van der Waals surface area contributed by atoms with Crippen molar-refractivity contribution >= 4 is 17.5 Å². The predicted octanol–water partition coefficient (Wildman–Crippen LogP) is 3.91. The van der Waals surface area contributed by atoms with Crippen molar-refractivity contribution in [1.82, 2.24) is 9.97 Å². The van der Waals surface area contributed by atoms with Gasteiger partial charge in [0.15, 0.2) is 0 Å². The van der Waals surface area contributed by atoms with Crippen LogP contribution >= 0.6 is 0 Å². The Hall–Kier alpha value is -3.15. The van der Waals surface area contributed by atoms with Gasteiger partial charge in [-0.1, -0.05) is 30.3 Å². The molecule has 0 unspecified atom stereocenters. The summed E-state index contributed by atoms with van der Waals surface area (Å²) in [5.41, 5.74) is 3.32. The largest absolute Gasteiger partial charge is 0.370 e. The lowest BCUT2D eigenvalue weighted by molar-refractivity contribution is 0.623. The van der Waals surface area contributed by atoms with Crippen LogP contribution in [-0.4, -0.2) is 42.7 Å². The van der Waals surface area contributed by atoms with E-state index in [1.165, 1.54) is 17.7 Å². The van der Waals surface area contributed by atoms with Gasteiger partial charge in [0.05, 0.1) is 0 Å². The fraction of sp³-hybridized carbons (Fsp3) is 0.304. The van der Waals surface area contributed by atoms with E-state index >= 15 is 0 Å². The number of halogens is 1. The molecule has 0 radical (unpaired) electrons. The first kappa shape index (κ1) is 19.2. The molecule has 0 atom stereocenters. The van der Waals surface area contributed by atoms with Gasteiger partial charge in [-0.3, -0.25) is 0 Å². The van der Waals surface area contributed by atoms with Crippen molar-refractivity contribution in [2.75, 3.05) is 47.8 Å². The Morgan fingerprint density at radius 3 is 2.31 bits per heavy atom. The van der Waals surface area contributed by atoms with Gasteiger partial charge in [-0.2, -0.15) is 4.98 Å². The summed E-state index contributed by atoms with van der Waals surface area (Å²) in [4.78, 5) is 13.9. The zero-order valence-corrected chi connectivity index (χ0v) is 16.7. The summed E-state index contributed by atoms with van der Waals surface area (Å²) in [6.07, 6.45) is 0.954. The van der Waals surface area contributed by atoms with Crippen molar-refractivity contribution in [1.29, 1.82) is 0 Å². The topological polar surface area (TPSA) is 44.3 Å². The van der Waals surface area contributed by atoms with Crippen LogP contribution in [0.5, 0.6) is 0 Å². The van der Waals surface area contributed by atoms with Gasteiger partial charge in [-0.05, 0) is 43.2 Å². The van der Waals surface area contributed by atoms with Crippen LogP contribution in [-0.2, 0) is 6.42 Å². The van der Waals surface area contributed by atoms with Crippen LogP contribution < -0.4 is 15.1 Å². The van der Waals surface area contributed by atoms with Gasteiger partial charge in [-0.25, -0.2) is 9.37 Å². The normalized spacial score (nSPS) is 14.1. The van der Waals surface area contributed by atoms with Crippen LogP contribution in [0.3, 0.4) is 0 Å². The van der Waals surface area contributed by atoms with E-state index in [2.05, 4.69) is 44.4 Å². The third-order valence-corrected chi connectivity index (χ3v) is 5.16. The smallest absolute Gasteiger partial charge is 0.227 e. The SMILES string of the molecule is Cc1cc(NCCc2ccccc2)nc(N2CCN(c3ccc(F)cc3)CC2)n1. The van der Waals surface area contributed by atoms with Crippen LogP contribution in [0.1, 0.15) is 11.3 Å². The lowest BCUT2D eigenvalue weighted by Gasteiger charge is -2.36. The molecule has 1 fully saturated rings. The van der Waals surface area contributed by atoms with E-state index in [1.807, 2.05) is 31.2 Å². The number of benzene rings is 2. The van der Waals surface area contributed by atoms with Gasteiger partial charge in [0, 0.05) is 50.2 Å². The molecule has 29 heavy (non-hydrogen) atoms. The van der Waals surface area contributed by atoms with Crippen molar-refractivity contribution < 1.29 is 4.39 Å². The first-order chi connectivity index (χ1) is 14.2. The van der Waals surface area contributed by atoms with Gasteiger partial charge < -0.3 is 15.1 Å². The average Bonchev–Trinajstić information content (AvgIpc) is 2.75. The average molecular weight is 391 g/mol. The van der Waals surface area contributed by atoms with Crippen molar-refractivity contribution in [2.24, 2.45) is 0 Å². The molecular weight excluding hydrogens is 365 g/mol. The minimum atomic E-state index is -0.201. The highest BCUT2D eigenvalue weighted by atomic mass is 19.1. The summed E-state index contributed by atoms with van der Waals surface area (Å²) < 4.78 is 13.1. The van der Waals surface area contributed by atoms with Gasteiger partial charge in [0.1, 0.15) is 11.6 Å². The highest BCUT2D eigenvalue weighted by Gasteiger charge is 2.20. The number of rotatable bonds is 6. The number of anilines is 3. The van der Waals surface area contributed by atoms with E-state index in [9.17, 15) is 4.39 Å². The Labute approximate surface area is 171 Å². The Morgan fingerprint density at radius 2 is 1.59 bits per heavy atom. The van der Waals surface area contributed by atoms with Crippen molar-refractivity contribution in [2.45, 2.75) is 13.3 Å². The maximum atomic E-state index is 13.1. The Morgan fingerprint density at radius 1 is 0.897 bits per heavy atom. The van der Waals surface area contributed by atoms with Crippen LogP contribution in [0.15, 0.2) is 60.7 Å². The highest BCUT2D eigenvalue weighted by molar-refractivity contribution is 5.49. The lowest BCUT2D eigenvalue weighted by atomic mass is 10.1. The maximum Gasteiger partial charge on any atom is 0.227 e. The second-order valence-corrected chi connectivity index (χ2v) is 7.31. The van der Waals surface area contributed by atoms with E-state index in [0.717, 1.165) is 62.3 Å². The van der Waals surface area contributed by atoms with Gasteiger partial charge in [0.2, 0.25) is 5.95 Å². The number of piperazine rings is 1. The first-order valence-electron chi connectivity index (χ1n) is 10.1. The second-order valence-electron chi connectivity index (χ2n) is 7.31. The van der Waals surface area contributed by atoms with Gasteiger partial charge in [-0.15, -0.1) is 0 Å². The molecule has 0 spiro atoms. The lowest BCUT2D eigenvalue weighted by Crippen LogP contribution is -2.47. The number of nitrogens with zero attached hydrogens (tertiary/aromatic N) is 4. The third kappa shape index (κ3) is 5.02. The Balaban J connectivity index is 1.35. The molecule has 1 aromatic heterocycles. The van der Waals surface area contributed by atoms with Gasteiger partial charge >= 0.3 is 0 Å². The summed E-state index contributed by atoms with van der Waals surface area (Å²) in [5, 5.41) is 3.43. The van der Waals surface area contributed by atoms with Crippen LogP contribution in [0.25, 0.3) is 0 Å². The summed E-state index contributed by atoms with van der Waals surface area (Å²) >= 11 is 0. The molecule has 0 aliphatic carbocycles. The first-order valence-corrected chi connectivity index (χ1v) is 10.1. The zero-order valence-electron chi connectivity index (χ0n) is 16.7. The van der Waals surface area contributed by atoms with Crippen LogP contribution in [0.4, 0.5) is 21.8 Å². The predicted molar refractivity (Wildman–Crippen MR) is 116 cm³/mol. The minimum Gasteiger partial charge on any atom is -0.370 e. The summed E-state index contributed by atoms with van der Waals surface area (Å²) in [6, 6.07) is 19.1. The molecule has 1 aliphatic rings. The monoisotopic (exact) mass is 391 g/mol. The summed E-state index contributed by atoms with van der Waals surface area (Å²) in [6.45, 7) is 6.23. The van der Waals surface area contributed by atoms with Crippen molar-refractivity contribution in [3.63, 3.8) is 0 Å². The Bertz CT molecular complexity index is 922. The van der Waals surface area contributed by atoms with E-state index in [-0.39, 0.29) is 5.82 Å². The molecule has 2 heterocycles. The fourth-order valence-electron chi connectivity index (χ4n) is 3.58. The summed E-state index contributed by atoms with van der Waals surface area (Å²) in [5.74, 6) is 1.43. The third-order valence-electron chi connectivity index (χ3n) is 5.16. The molecule has 0 saturated carbocycles. The number of aromatic nitrogens is 2. The minimum absolute atomic E-state index is 0.201. The molecule has 1 saturated heterocycles. The molecule has 150 valence electrons. The van der Waals surface area contributed by atoms with Crippen molar-refractivity contribution in [3.05, 3.63) is 77.7 Å². The quantitative estimate of drug-likeness (QED) is 0.690. The number of hydrogen-bond donors (Lipinski definition) is 1. The molecule has 1 aliphatic heterocycles. The molecule has 2 aromatic carbocycles. The molecule has 0 amide bonds. The van der Waals surface area contributed by atoms with E-state index in [4.69, 9.17) is 4.98 Å². The molecule has 6 heteroatoms. The molecule has 1 N–H and O–H groups in total. The van der Waals surface area contributed by atoms with Crippen LogP contribution in [0.2, 0.25) is 0 Å². The van der Waals surface area contributed by atoms with E-state index in [1.54, 1.807) is 0 Å². The highest BCUT2D eigenvalue weighted by Crippen LogP contribution is 2.20. The van der Waals surface area contributed by atoms with E-state index < -0.39 is 0 Å². The number of hydrogen-bond acceptors (Lipinski definition) is 5. The van der Waals surface area contributed by atoms with Gasteiger partial charge in [0.25, 0.3) is 0 Å². The molecule has 4 rings (SSSR count). The molecule has 5 nitrogen and oxygen atoms in total. The van der Waals surface area contributed by atoms with Crippen LogP contribution in [0, 0.1) is 12.7 Å². The fourth-order valence-corrected chi connectivity index (χ4v) is 3.58. The molecule has 0 bridgehead atoms. The van der Waals surface area contributed by atoms with Crippen molar-refractivity contribution in [3.8, 4) is 0 Å². The maximum absolute atomic E-state index is 13.1. The Kier molecular flexibility index (Phi) is 5.89. The zero-order chi connectivity index (χ0) is 20.1. The van der Waals surface area contributed by atoms with E-state index in [0.29, 0.717) is 0 Å². The second kappa shape index (κ2) is 8.90.